The van der Waals surface area contributed by atoms with Gasteiger partial charge in [0.15, 0.2) is 0 Å². The Morgan fingerprint density at radius 2 is 1.74 bits per heavy atom. The van der Waals surface area contributed by atoms with E-state index in [0.29, 0.717) is 31.2 Å². The molecule has 230 valence electrons. The summed E-state index contributed by atoms with van der Waals surface area (Å²) in [6.07, 6.45) is 3.98. The third-order valence-electron chi connectivity index (χ3n) is 5.82. The maximum atomic E-state index is 12.7. The standard InChI is InChI=1S/C29H40N4O9/c1-19(31-23(35)16-30-24(36)17-33(5)25(37)10-8-14-34)27(40)32-22-13-12-21(18-42-28(41)29(2,3)4)20(15-22)9-6-7-11-26(38)39/h8,10,12-15,19H,6-7,9,11,16-18H2,1-5H3,(H,30,36)(H,31,35)(H,32,40)(H,38,39)/b10-8-. The Labute approximate surface area is 245 Å². The number of ether oxygens (including phenoxy) is 1. The van der Waals surface area contributed by atoms with Gasteiger partial charge in [-0.1, -0.05) is 6.07 Å². The summed E-state index contributed by atoms with van der Waals surface area (Å²) in [5.41, 5.74) is 1.27. The summed E-state index contributed by atoms with van der Waals surface area (Å²) in [5, 5.41) is 16.4. The van der Waals surface area contributed by atoms with Crippen LogP contribution in [-0.2, 0) is 51.3 Å². The number of nitrogens with one attached hydrogen (secondary N) is 3. The number of aryl methyl sites for hydroxylation is 1. The largest absolute Gasteiger partial charge is 0.481 e. The summed E-state index contributed by atoms with van der Waals surface area (Å²) in [6.45, 7) is 5.96. The molecule has 0 bridgehead atoms. The molecule has 0 spiro atoms. The van der Waals surface area contributed by atoms with Gasteiger partial charge in [0.05, 0.1) is 18.5 Å². The molecule has 0 radical (unpaired) electrons. The van der Waals surface area contributed by atoms with Crippen LogP contribution in [-0.4, -0.2) is 78.0 Å². The number of aliphatic carboxylic acids is 1. The van der Waals surface area contributed by atoms with Gasteiger partial charge in [-0.25, -0.2) is 0 Å². The van der Waals surface area contributed by atoms with E-state index >= 15 is 0 Å². The van der Waals surface area contributed by atoms with E-state index in [1.54, 1.807) is 39.0 Å². The minimum atomic E-state index is -0.960. The third-order valence-corrected chi connectivity index (χ3v) is 5.82. The highest BCUT2D eigenvalue weighted by Crippen LogP contribution is 2.22. The van der Waals surface area contributed by atoms with E-state index in [-0.39, 0.29) is 25.5 Å². The van der Waals surface area contributed by atoms with E-state index in [9.17, 15) is 33.6 Å². The Bertz CT molecular complexity index is 1190. The van der Waals surface area contributed by atoms with Crippen LogP contribution in [0.2, 0.25) is 0 Å². The number of benzene rings is 1. The van der Waals surface area contributed by atoms with E-state index in [2.05, 4.69) is 16.0 Å². The predicted octanol–water partition coefficient (Wildman–Crippen LogP) is 1.35. The van der Waals surface area contributed by atoms with Gasteiger partial charge < -0.3 is 30.7 Å². The summed E-state index contributed by atoms with van der Waals surface area (Å²) < 4.78 is 5.44. The number of allylic oxidation sites excluding steroid dienone is 1. The van der Waals surface area contributed by atoms with Crippen molar-refractivity contribution in [3.8, 4) is 0 Å². The van der Waals surface area contributed by atoms with Crippen LogP contribution in [0.3, 0.4) is 0 Å². The summed E-state index contributed by atoms with van der Waals surface area (Å²) in [5.74, 6) is -3.58. The molecule has 1 aromatic rings. The first-order chi connectivity index (χ1) is 19.6. The number of carboxylic acid groups (broad SMARTS) is 1. The Morgan fingerprint density at radius 3 is 2.36 bits per heavy atom. The van der Waals surface area contributed by atoms with Crippen molar-refractivity contribution in [2.75, 3.05) is 25.5 Å². The maximum absolute atomic E-state index is 12.7. The second-order valence-electron chi connectivity index (χ2n) is 10.7. The predicted molar refractivity (Wildman–Crippen MR) is 153 cm³/mol. The zero-order valence-electron chi connectivity index (χ0n) is 24.7. The van der Waals surface area contributed by atoms with Crippen LogP contribution in [0.4, 0.5) is 5.69 Å². The topological polar surface area (TPSA) is 188 Å². The van der Waals surface area contributed by atoms with Gasteiger partial charge in [-0.3, -0.25) is 33.6 Å². The molecule has 0 aromatic heterocycles. The molecule has 4 amide bonds. The molecule has 1 unspecified atom stereocenters. The Hall–Kier alpha value is -4.55. The lowest BCUT2D eigenvalue weighted by Gasteiger charge is -2.19. The van der Waals surface area contributed by atoms with Gasteiger partial charge in [0, 0.05) is 25.2 Å². The highest BCUT2D eigenvalue weighted by atomic mass is 16.5. The molecule has 13 nitrogen and oxygen atoms in total. The molecule has 0 aliphatic rings. The van der Waals surface area contributed by atoms with Crippen molar-refractivity contribution in [1.82, 2.24) is 15.5 Å². The molecule has 0 fully saturated rings. The number of carbonyl (C=O) groups is 7. The number of anilines is 1. The Kier molecular flexibility index (Phi) is 14.6. The molecule has 0 aliphatic heterocycles. The van der Waals surface area contributed by atoms with Crippen LogP contribution in [0.15, 0.2) is 30.4 Å². The number of hydrogen-bond donors (Lipinski definition) is 4. The number of aldehydes is 1. The minimum absolute atomic E-state index is 0.0238. The van der Waals surface area contributed by atoms with Gasteiger partial charge in [0.25, 0.3) is 0 Å². The van der Waals surface area contributed by atoms with Crippen molar-refractivity contribution < 1.29 is 43.4 Å². The normalized spacial score (nSPS) is 11.7. The zero-order valence-corrected chi connectivity index (χ0v) is 24.7. The molecule has 0 saturated heterocycles. The number of esters is 1. The highest BCUT2D eigenvalue weighted by molar-refractivity contribution is 5.98. The van der Waals surface area contributed by atoms with Gasteiger partial charge in [0.2, 0.25) is 23.6 Å². The fourth-order valence-electron chi connectivity index (χ4n) is 3.41. The molecule has 1 aromatic carbocycles. The smallest absolute Gasteiger partial charge is 0.311 e. The van der Waals surface area contributed by atoms with Crippen molar-refractivity contribution >= 4 is 47.5 Å². The average molecular weight is 589 g/mol. The molecule has 13 heteroatoms. The molecular weight excluding hydrogens is 548 g/mol. The molecular formula is C29H40N4O9. The first kappa shape index (κ1) is 35.5. The molecule has 0 heterocycles. The van der Waals surface area contributed by atoms with Gasteiger partial charge in [-0.05, 0) is 76.3 Å². The number of amides is 4. The molecule has 42 heavy (non-hydrogen) atoms. The van der Waals surface area contributed by atoms with Gasteiger partial charge >= 0.3 is 11.9 Å². The summed E-state index contributed by atoms with van der Waals surface area (Å²) in [7, 11) is 1.36. The van der Waals surface area contributed by atoms with Crippen LogP contribution in [0, 0.1) is 5.41 Å². The summed E-state index contributed by atoms with van der Waals surface area (Å²) in [6, 6.07) is 4.11. The van der Waals surface area contributed by atoms with E-state index in [1.807, 2.05) is 0 Å². The van der Waals surface area contributed by atoms with Crippen molar-refractivity contribution in [3.63, 3.8) is 0 Å². The lowest BCUT2D eigenvalue weighted by molar-refractivity contribution is -0.154. The van der Waals surface area contributed by atoms with Crippen LogP contribution >= 0.6 is 0 Å². The van der Waals surface area contributed by atoms with Gasteiger partial charge in [-0.2, -0.15) is 0 Å². The van der Waals surface area contributed by atoms with E-state index in [4.69, 9.17) is 9.84 Å². The number of nitrogens with zero attached hydrogens (tertiary/aromatic N) is 1. The maximum Gasteiger partial charge on any atom is 0.311 e. The van der Waals surface area contributed by atoms with Gasteiger partial charge in [-0.15, -0.1) is 0 Å². The number of carboxylic acids is 1. The molecule has 1 rings (SSSR count). The number of likely N-dealkylation sites (N-methyl/N-ethyl adjacent to an activating group) is 1. The first-order valence-corrected chi connectivity index (χ1v) is 13.4. The highest BCUT2D eigenvalue weighted by Gasteiger charge is 2.23. The van der Waals surface area contributed by atoms with Gasteiger partial charge in [0.1, 0.15) is 18.9 Å². The number of hydrogen-bond acceptors (Lipinski definition) is 8. The lowest BCUT2D eigenvalue weighted by atomic mass is 9.97. The molecule has 0 saturated carbocycles. The van der Waals surface area contributed by atoms with E-state index < -0.39 is 47.6 Å². The van der Waals surface area contributed by atoms with Crippen molar-refractivity contribution in [1.29, 1.82) is 0 Å². The van der Waals surface area contributed by atoms with Crippen LogP contribution in [0.1, 0.15) is 58.1 Å². The van der Waals surface area contributed by atoms with Crippen molar-refractivity contribution in [3.05, 3.63) is 41.5 Å². The first-order valence-electron chi connectivity index (χ1n) is 13.4. The monoisotopic (exact) mass is 588 g/mol. The van der Waals surface area contributed by atoms with Crippen LogP contribution in [0.5, 0.6) is 0 Å². The third kappa shape index (κ3) is 13.7. The number of unbranched alkanes of at least 4 members (excludes halogenated alkanes) is 1. The second-order valence-corrected chi connectivity index (χ2v) is 10.7. The fraction of sp³-hybridized carbons (Fsp3) is 0.483. The Morgan fingerprint density at radius 1 is 1.05 bits per heavy atom. The molecule has 0 aliphatic carbocycles. The zero-order chi connectivity index (χ0) is 31.9. The SMILES string of the molecule is CC(NC(=O)CNC(=O)CN(C)C(=O)/C=C\C=O)C(=O)Nc1ccc(COC(=O)C(C)(C)C)c(CCCCC(=O)O)c1. The Balaban J connectivity index is 2.75. The van der Waals surface area contributed by atoms with Crippen molar-refractivity contribution in [2.45, 2.75) is 66.0 Å². The quantitative estimate of drug-likeness (QED) is 0.0956. The fourth-order valence-corrected chi connectivity index (χ4v) is 3.41. The van der Waals surface area contributed by atoms with Crippen LogP contribution in [0.25, 0.3) is 0 Å². The summed E-state index contributed by atoms with van der Waals surface area (Å²) >= 11 is 0. The van der Waals surface area contributed by atoms with Crippen LogP contribution < -0.4 is 16.0 Å². The summed E-state index contributed by atoms with van der Waals surface area (Å²) in [4.78, 5) is 83.1. The lowest BCUT2D eigenvalue weighted by Crippen LogP contribution is -2.47. The average Bonchev–Trinajstić information content (AvgIpc) is 2.91. The molecule has 1 atom stereocenters. The second kappa shape index (κ2) is 17.3. The van der Waals surface area contributed by atoms with E-state index in [0.717, 1.165) is 28.2 Å². The number of rotatable bonds is 16. The van der Waals surface area contributed by atoms with Crippen molar-refractivity contribution in [2.24, 2.45) is 5.41 Å². The molecule has 4 N–H and O–H groups in total. The number of carbonyl (C=O) groups excluding carboxylic acids is 6. The minimum Gasteiger partial charge on any atom is -0.481 e. The van der Waals surface area contributed by atoms with E-state index in [1.165, 1.54) is 14.0 Å².